The second-order valence-corrected chi connectivity index (χ2v) is 10.6. The minimum absolute atomic E-state index is 0.126. The van der Waals surface area contributed by atoms with Gasteiger partial charge in [-0.25, -0.2) is 0 Å². The molecule has 192 valence electrons. The molecule has 1 aliphatic heterocycles. The highest BCUT2D eigenvalue weighted by Gasteiger charge is 2.56. The van der Waals surface area contributed by atoms with E-state index in [1.807, 2.05) is 6.08 Å². The van der Waals surface area contributed by atoms with Crippen LogP contribution in [0, 0.1) is 17.8 Å². The van der Waals surface area contributed by atoms with E-state index in [0.717, 1.165) is 5.57 Å². The molecule has 0 bridgehead atoms. The van der Waals surface area contributed by atoms with Gasteiger partial charge in [-0.1, -0.05) is 35.4 Å². The van der Waals surface area contributed by atoms with Crippen LogP contribution in [0.3, 0.4) is 0 Å². The highest BCUT2D eigenvalue weighted by Crippen LogP contribution is 2.57. The zero-order valence-corrected chi connectivity index (χ0v) is 21.5. The van der Waals surface area contributed by atoms with E-state index in [4.69, 9.17) is 16.3 Å². The van der Waals surface area contributed by atoms with Gasteiger partial charge in [0.05, 0.1) is 24.6 Å². The van der Waals surface area contributed by atoms with Crippen molar-refractivity contribution >= 4 is 40.7 Å². The summed E-state index contributed by atoms with van der Waals surface area (Å²) in [5.74, 6) is -3.56. The summed E-state index contributed by atoms with van der Waals surface area (Å²) in [5.41, 5.74) is 2.62. The molecule has 1 heterocycles. The van der Waals surface area contributed by atoms with Gasteiger partial charge in [-0.3, -0.25) is 24.1 Å². The van der Waals surface area contributed by atoms with Crippen LogP contribution in [-0.2, 0) is 19.2 Å². The number of imide groups is 1. The first kappa shape index (κ1) is 24.4. The number of ether oxygens (including phenoxy) is 1. The first-order valence-electron chi connectivity index (χ1n) is 12.4. The SMILES string of the molecule is COc1cccc([C@H]2C3=CC[C@@H]4C(=O)N(c5ccc(Cl)cc5)C(=O)[C@@H]4[C@@H]3CC3=C2C(=O)C=C(C)C3=O)c1O. The van der Waals surface area contributed by atoms with Crippen molar-refractivity contribution < 1.29 is 29.0 Å². The average molecular weight is 530 g/mol. The van der Waals surface area contributed by atoms with Gasteiger partial charge in [0, 0.05) is 33.2 Å². The third-order valence-electron chi connectivity index (χ3n) is 8.21. The molecule has 8 heteroatoms. The molecule has 2 aromatic rings. The molecule has 0 saturated carbocycles. The van der Waals surface area contributed by atoms with Gasteiger partial charge in [-0.2, -0.15) is 0 Å². The topological polar surface area (TPSA) is 101 Å². The van der Waals surface area contributed by atoms with Crippen molar-refractivity contribution in [2.75, 3.05) is 12.0 Å². The third-order valence-corrected chi connectivity index (χ3v) is 8.46. The number of aromatic hydroxyl groups is 1. The predicted molar refractivity (Wildman–Crippen MR) is 140 cm³/mol. The Morgan fingerprint density at radius 3 is 2.45 bits per heavy atom. The number of para-hydroxylation sites is 1. The molecule has 1 fully saturated rings. The molecule has 4 atom stereocenters. The lowest BCUT2D eigenvalue weighted by molar-refractivity contribution is -0.123. The fraction of sp³-hybridized carbons (Fsp3) is 0.267. The number of halogens is 1. The van der Waals surface area contributed by atoms with Crippen LogP contribution in [0.5, 0.6) is 11.5 Å². The van der Waals surface area contributed by atoms with Crippen LogP contribution in [0.15, 0.2) is 76.9 Å². The molecule has 6 rings (SSSR count). The largest absolute Gasteiger partial charge is 0.504 e. The third kappa shape index (κ3) is 3.42. The van der Waals surface area contributed by atoms with E-state index in [1.54, 1.807) is 49.4 Å². The maximum absolute atomic E-state index is 13.9. The summed E-state index contributed by atoms with van der Waals surface area (Å²) in [7, 11) is 1.44. The molecule has 4 aliphatic rings. The Kier molecular flexibility index (Phi) is 5.65. The summed E-state index contributed by atoms with van der Waals surface area (Å²) in [6, 6.07) is 11.6. The molecule has 0 spiro atoms. The summed E-state index contributed by atoms with van der Waals surface area (Å²) >= 11 is 6.02. The molecule has 1 N–H and O–H groups in total. The van der Waals surface area contributed by atoms with Gasteiger partial charge < -0.3 is 9.84 Å². The predicted octanol–water partition coefficient (Wildman–Crippen LogP) is 4.69. The number of allylic oxidation sites excluding steroid dienone is 6. The normalized spacial score (nSPS) is 26.6. The van der Waals surface area contributed by atoms with Crippen molar-refractivity contribution in [3.05, 3.63) is 87.5 Å². The van der Waals surface area contributed by atoms with Crippen molar-refractivity contribution in [1.29, 1.82) is 0 Å². The molecule has 2 amide bonds. The first-order chi connectivity index (χ1) is 18.2. The summed E-state index contributed by atoms with van der Waals surface area (Å²) in [5, 5.41) is 11.6. The maximum Gasteiger partial charge on any atom is 0.238 e. The number of amides is 2. The molecule has 38 heavy (non-hydrogen) atoms. The van der Waals surface area contributed by atoms with Gasteiger partial charge in [0.25, 0.3) is 0 Å². The maximum atomic E-state index is 13.9. The van der Waals surface area contributed by atoms with Crippen molar-refractivity contribution in [2.45, 2.75) is 25.7 Å². The smallest absolute Gasteiger partial charge is 0.238 e. The van der Waals surface area contributed by atoms with Crippen molar-refractivity contribution in [3.8, 4) is 11.5 Å². The molecular formula is C30H24ClNO6. The number of methoxy groups -OCH3 is 1. The van der Waals surface area contributed by atoms with Crippen LogP contribution in [0.25, 0.3) is 0 Å². The fourth-order valence-corrected chi connectivity index (χ4v) is 6.65. The summed E-state index contributed by atoms with van der Waals surface area (Å²) in [6.45, 7) is 1.60. The molecule has 0 radical (unpaired) electrons. The van der Waals surface area contributed by atoms with Crippen LogP contribution < -0.4 is 9.64 Å². The number of hydrogen-bond acceptors (Lipinski definition) is 6. The number of benzene rings is 2. The van der Waals surface area contributed by atoms with Crippen molar-refractivity contribution in [2.24, 2.45) is 17.8 Å². The number of hydrogen-bond donors (Lipinski definition) is 1. The molecule has 2 aromatic carbocycles. The number of Topliss-reactive ketones (excluding diaryl/α,β-unsaturated/α-hetero) is 1. The summed E-state index contributed by atoms with van der Waals surface area (Å²) < 4.78 is 5.32. The highest BCUT2D eigenvalue weighted by atomic mass is 35.5. The zero-order valence-electron chi connectivity index (χ0n) is 20.7. The summed E-state index contributed by atoms with van der Waals surface area (Å²) in [6.07, 6.45) is 3.74. The lowest BCUT2D eigenvalue weighted by atomic mass is 9.59. The Labute approximate surface area is 224 Å². The van der Waals surface area contributed by atoms with Gasteiger partial charge >= 0.3 is 0 Å². The van der Waals surface area contributed by atoms with E-state index in [0.29, 0.717) is 39.4 Å². The molecule has 1 saturated heterocycles. The number of phenols is 1. The zero-order chi connectivity index (χ0) is 26.9. The fourth-order valence-electron chi connectivity index (χ4n) is 6.52. The Morgan fingerprint density at radius 2 is 1.74 bits per heavy atom. The van der Waals surface area contributed by atoms with E-state index in [2.05, 4.69) is 0 Å². The quantitative estimate of drug-likeness (QED) is 0.352. The lowest BCUT2D eigenvalue weighted by Gasteiger charge is -2.42. The molecule has 0 unspecified atom stereocenters. The number of fused-ring (bicyclic) bond motifs is 3. The Hall–Kier alpha value is -3.97. The number of carbonyl (C=O) groups excluding carboxylic acids is 4. The van der Waals surface area contributed by atoms with Gasteiger partial charge in [0.15, 0.2) is 23.1 Å². The number of phenolic OH excluding ortho intramolecular Hbond substituents is 1. The van der Waals surface area contributed by atoms with Crippen LogP contribution >= 0.6 is 11.6 Å². The van der Waals surface area contributed by atoms with Crippen LogP contribution in [0.1, 0.15) is 31.2 Å². The van der Waals surface area contributed by atoms with Gasteiger partial charge in [0.1, 0.15) is 0 Å². The molecule has 0 aromatic heterocycles. The minimum Gasteiger partial charge on any atom is -0.504 e. The van der Waals surface area contributed by atoms with E-state index in [-0.39, 0.29) is 41.3 Å². The van der Waals surface area contributed by atoms with Crippen LogP contribution in [-0.4, -0.2) is 35.6 Å². The van der Waals surface area contributed by atoms with E-state index in [9.17, 15) is 24.3 Å². The van der Waals surface area contributed by atoms with Crippen LogP contribution in [0.2, 0.25) is 5.02 Å². The van der Waals surface area contributed by atoms with Gasteiger partial charge in [-0.15, -0.1) is 0 Å². The summed E-state index contributed by atoms with van der Waals surface area (Å²) in [4.78, 5) is 55.3. The van der Waals surface area contributed by atoms with Gasteiger partial charge in [0.2, 0.25) is 11.8 Å². The number of nitrogens with zero attached hydrogens (tertiary/aromatic N) is 1. The highest BCUT2D eigenvalue weighted by molar-refractivity contribution is 6.31. The Morgan fingerprint density at radius 1 is 1.00 bits per heavy atom. The number of rotatable bonds is 3. The van der Waals surface area contributed by atoms with Crippen molar-refractivity contribution in [3.63, 3.8) is 0 Å². The van der Waals surface area contributed by atoms with Crippen molar-refractivity contribution in [1.82, 2.24) is 0 Å². The van der Waals surface area contributed by atoms with E-state index >= 15 is 0 Å². The standard InChI is InChI=1S/C30H24ClNO6/c1-14-12-22(33)26-21(27(14)34)13-20-17(24(26)18-4-3-5-23(38-2)28(18)35)10-11-19-25(20)30(37)32(29(19)36)16-8-6-15(31)7-9-16/h3-10,12,19-20,24-25,35H,11,13H2,1-2H3/t19-,20+,24+,25-/m0/s1. The monoisotopic (exact) mass is 529 g/mol. The lowest BCUT2D eigenvalue weighted by Crippen LogP contribution is -2.39. The molecule has 7 nitrogen and oxygen atoms in total. The second-order valence-electron chi connectivity index (χ2n) is 10.1. The van der Waals surface area contributed by atoms with E-state index < -0.39 is 23.7 Å². The Bertz CT molecular complexity index is 1530. The molecular weight excluding hydrogens is 506 g/mol. The first-order valence-corrected chi connectivity index (χ1v) is 12.8. The van der Waals surface area contributed by atoms with Gasteiger partial charge in [-0.05, 0) is 62.1 Å². The van der Waals surface area contributed by atoms with E-state index in [1.165, 1.54) is 18.1 Å². The second kappa shape index (κ2) is 8.81. The average Bonchev–Trinajstić information content (AvgIpc) is 3.16. The van der Waals surface area contributed by atoms with Crippen LogP contribution in [0.4, 0.5) is 5.69 Å². The molecule has 3 aliphatic carbocycles. The number of carbonyl (C=O) groups is 4. The minimum atomic E-state index is -0.743. The number of anilines is 1. The number of ketones is 2. The Balaban J connectivity index is 1.51.